The molecule has 2 aromatic rings. The molecule has 3 rings (SSSR count). The van der Waals surface area contributed by atoms with E-state index in [1.165, 1.54) is 7.11 Å². The van der Waals surface area contributed by atoms with E-state index < -0.39 is 12.1 Å². The van der Waals surface area contributed by atoms with Crippen molar-refractivity contribution in [1.82, 2.24) is 4.98 Å². The number of hydrogen-bond donors (Lipinski definition) is 1. The van der Waals surface area contributed by atoms with Crippen molar-refractivity contribution in [1.29, 1.82) is 0 Å². The number of rotatable bonds is 9. The molecule has 0 saturated heterocycles. The number of hydrogen-bond acceptors (Lipinski definition) is 7. The number of oxime groups is 2. The molecule has 31 heavy (non-hydrogen) atoms. The minimum atomic E-state index is -1.21. The van der Waals surface area contributed by atoms with Crippen molar-refractivity contribution in [3.8, 4) is 0 Å². The molecule has 1 saturated carbocycles. The molecular weight excluding hydrogens is 398 g/mol. The molecule has 0 bridgehead atoms. The first kappa shape index (κ1) is 22.3. The van der Waals surface area contributed by atoms with Crippen LogP contribution in [0.3, 0.4) is 0 Å². The number of aryl methyl sites for hydroxylation is 2. The number of carboxylic acid groups (broad SMARTS) is 1. The molecule has 8 heteroatoms. The number of aromatic nitrogens is 1. The van der Waals surface area contributed by atoms with Crippen LogP contribution in [0, 0.1) is 19.8 Å². The first-order valence-electron chi connectivity index (χ1n) is 10.2. The van der Waals surface area contributed by atoms with Crippen molar-refractivity contribution in [2.24, 2.45) is 16.2 Å². The van der Waals surface area contributed by atoms with Gasteiger partial charge in [0.2, 0.25) is 0 Å². The van der Waals surface area contributed by atoms with Gasteiger partial charge in [0.05, 0.1) is 17.9 Å². The van der Waals surface area contributed by atoms with Gasteiger partial charge in [-0.2, -0.15) is 0 Å². The lowest BCUT2D eigenvalue weighted by Gasteiger charge is -2.16. The van der Waals surface area contributed by atoms with Crippen molar-refractivity contribution in [3.05, 3.63) is 64.5 Å². The van der Waals surface area contributed by atoms with Gasteiger partial charge in [-0.3, -0.25) is 4.98 Å². The second-order valence-electron chi connectivity index (χ2n) is 7.53. The van der Waals surface area contributed by atoms with Crippen LogP contribution in [0.2, 0.25) is 0 Å². The van der Waals surface area contributed by atoms with Gasteiger partial charge in [0.1, 0.15) is 7.11 Å². The molecule has 1 atom stereocenters. The van der Waals surface area contributed by atoms with Crippen molar-refractivity contribution in [2.75, 3.05) is 13.7 Å². The summed E-state index contributed by atoms with van der Waals surface area (Å²) in [6.45, 7) is 6.09. The van der Waals surface area contributed by atoms with E-state index in [9.17, 15) is 9.90 Å². The Labute approximate surface area is 181 Å². The third-order valence-electron chi connectivity index (χ3n) is 4.90. The normalized spacial score (nSPS) is 15.4. The fourth-order valence-corrected chi connectivity index (χ4v) is 3.04. The number of carboxylic acids is 1. The van der Waals surface area contributed by atoms with Gasteiger partial charge < -0.3 is 19.5 Å². The minimum absolute atomic E-state index is 0.213. The van der Waals surface area contributed by atoms with Crippen LogP contribution in [0.5, 0.6) is 0 Å². The van der Waals surface area contributed by atoms with Crippen LogP contribution in [0.25, 0.3) is 0 Å². The number of ether oxygens (including phenoxy) is 1. The molecule has 0 amide bonds. The van der Waals surface area contributed by atoms with E-state index in [2.05, 4.69) is 15.3 Å². The monoisotopic (exact) mass is 425 g/mol. The summed E-state index contributed by atoms with van der Waals surface area (Å²) in [5.74, 6) is -0.529. The van der Waals surface area contributed by atoms with Gasteiger partial charge in [-0.15, -0.1) is 0 Å². The van der Waals surface area contributed by atoms with Gasteiger partial charge in [-0.1, -0.05) is 29.4 Å². The van der Waals surface area contributed by atoms with Crippen molar-refractivity contribution >= 4 is 17.6 Å². The van der Waals surface area contributed by atoms with Gasteiger partial charge in [0, 0.05) is 11.3 Å². The molecule has 0 radical (unpaired) electrons. The van der Waals surface area contributed by atoms with E-state index in [-0.39, 0.29) is 11.6 Å². The van der Waals surface area contributed by atoms with E-state index >= 15 is 0 Å². The van der Waals surface area contributed by atoms with Gasteiger partial charge in [0.25, 0.3) is 5.90 Å². The summed E-state index contributed by atoms with van der Waals surface area (Å²) in [7, 11) is 1.30. The molecule has 0 aliphatic heterocycles. The summed E-state index contributed by atoms with van der Waals surface area (Å²) in [5.41, 5.74) is 3.01. The molecule has 1 fully saturated rings. The minimum Gasteiger partial charge on any atom is -0.476 e. The zero-order valence-electron chi connectivity index (χ0n) is 18.2. The Balaban J connectivity index is 1.99. The first-order chi connectivity index (χ1) is 14.9. The Hall–Kier alpha value is -3.42. The maximum atomic E-state index is 11.8. The standard InChI is InChI=1S/C23H27N3O5/c1-14-7-5-9-18(21(23(27)28)25-29-4)20(14)22(30-13-17-11-12-17)26-31-16(3)19-10-6-8-15(2)24-19/h5-10,16-17H,11-13H2,1-4H3,(H,27,28)/b25-21+,26-22+. The second kappa shape index (κ2) is 10.1. The van der Waals surface area contributed by atoms with E-state index in [0.717, 1.165) is 29.8 Å². The lowest BCUT2D eigenvalue weighted by molar-refractivity contribution is -0.129. The highest BCUT2D eigenvalue weighted by Gasteiger charge is 2.27. The second-order valence-corrected chi connectivity index (χ2v) is 7.53. The van der Waals surface area contributed by atoms with E-state index in [4.69, 9.17) is 14.4 Å². The van der Waals surface area contributed by atoms with Gasteiger partial charge in [-0.05, 0) is 62.4 Å². The Morgan fingerprint density at radius 2 is 1.94 bits per heavy atom. The van der Waals surface area contributed by atoms with E-state index in [0.29, 0.717) is 23.7 Å². The fraction of sp³-hybridized carbons (Fsp3) is 0.391. The predicted octanol–water partition coefficient (Wildman–Crippen LogP) is 4.00. The summed E-state index contributed by atoms with van der Waals surface area (Å²) in [5, 5.41) is 17.6. The van der Waals surface area contributed by atoms with Gasteiger partial charge >= 0.3 is 5.97 Å². The van der Waals surface area contributed by atoms with Crippen LogP contribution in [0.1, 0.15) is 53.9 Å². The molecule has 0 spiro atoms. The van der Waals surface area contributed by atoms with Crippen LogP contribution in [-0.2, 0) is 19.2 Å². The van der Waals surface area contributed by atoms with Crippen LogP contribution in [0.15, 0.2) is 46.7 Å². The molecule has 1 aromatic carbocycles. The molecule has 164 valence electrons. The highest BCUT2D eigenvalue weighted by molar-refractivity contribution is 6.43. The maximum Gasteiger partial charge on any atom is 0.358 e. The summed E-state index contributed by atoms with van der Waals surface area (Å²) in [4.78, 5) is 26.8. The third kappa shape index (κ3) is 5.81. The predicted molar refractivity (Wildman–Crippen MR) is 116 cm³/mol. The molecule has 1 N–H and O–H groups in total. The Morgan fingerprint density at radius 1 is 1.19 bits per heavy atom. The smallest absolute Gasteiger partial charge is 0.358 e. The SMILES string of the molecule is CO/N=C(/C(=O)O)c1cccc(C)c1/C(=N\OC(C)c1cccc(C)n1)OCC1CC1. The fourth-order valence-electron chi connectivity index (χ4n) is 3.04. The lowest BCUT2D eigenvalue weighted by atomic mass is 9.98. The van der Waals surface area contributed by atoms with Crippen molar-refractivity contribution < 1.29 is 24.3 Å². The van der Waals surface area contributed by atoms with Crippen LogP contribution in [-0.4, -0.2) is 41.4 Å². The topological polar surface area (TPSA) is 103 Å². The molecule has 1 aliphatic carbocycles. The van der Waals surface area contributed by atoms with Crippen LogP contribution in [0.4, 0.5) is 0 Å². The summed E-state index contributed by atoms with van der Waals surface area (Å²) in [6, 6.07) is 10.9. The number of benzene rings is 1. The van der Waals surface area contributed by atoms with Crippen molar-refractivity contribution in [3.63, 3.8) is 0 Å². The maximum absolute atomic E-state index is 11.8. The van der Waals surface area contributed by atoms with Crippen molar-refractivity contribution in [2.45, 2.75) is 39.7 Å². The summed E-state index contributed by atoms with van der Waals surface area (Å²) < 4.78 is 6.01. The zero-order valence-corrected chi connectivity index (χ0v) is 18.2. The molecule has 8 nitrogen and oxygen atoms in total. The molecule has 1 aromatic heterocycles. The Morgan fingerprint density at radius 3 is 2.58 bits per heavy atom. The molecule has 1 heterocycles. The first-order valence-corrected chi connectivity index (χ1v) is 10.2. The number of carbonyl (C=O) groups is 1. The van der Waals surface area contributed by atoms with Gasteiger partial charge in [-0.25, -0.2) is 4.79 Å². The Kier molecular flexibility index (Phi) is 7.23. The summed E-state index contributed by atoms with van der Waals surface area (Å²) >= 11 is 0. The van der Waals surface area contributed by atoms with Gasteiger partial charge in [0.15, 0.2) is 11.8 Å². The molecule has 1 unspecified atom stereocenters. The quantitative estimate of drug-likeness (QED) is 0.370. The molecular formula is C23H27N3O5. The zero-order chi connectivity index (χ0) is 22.4. The average molecular weight is 425 g/mol. The highest BCUT2D eigenvalue weighted by Crippen LogP contribution is 2.30. The average Bonchev–Trinajstić information content (AvgIpc) is 3.56. The Bertz CT molecular complexity index is 998. The lowest BCUT2D eigenvalue weighted by Crippen LogP contribution is -2.22. The number of aliphatic carboxylic acids is 1. The highest BCUT2D eigenvalue weighted by atomic mass is 16.7. The largest absolute Gasteiger partial charge is 0.476 e. The van der Waals surface area contributed by atoms with E-state index in [1.54, 1.807) is 12.1 Å². The van der Waals surface area contributed by atoms with E-state index in [1.807, 2.05) is 45.0 Å². The number of nitrogens with zero attached hydrogens (tertiary/aromatic N) is 3. The third-order valence-corrected chi connectivity index (χ3v) is 4.90. The summed E-state index contributed by atoms with van der Waals surface area (Å²) in [6.07, 6.45) is 1.78. The number of pyridine rings is 1. The van der Waals surface area contributed by atoms with Crippen LogP contribution >= 0.6 is 0 Å². The van der Waals surface area contributed by atoms with Crippen LogP contribution < -0.4 is 0 Å². The molecule has 1 aliphatic rings.